The zero-order valence-corrected chi connectivity index (χ0v) is 10.8. The molecule has 0 spiro atoms. The summed E-state index contributed by atoms with van der Waals surface area (Å²) in [6, 6.07) is 9.92. The van der Waals surface area contributed by atoms with Crippen molar-refractivity contribution < 1.29 is 9.53 Å². The van der Waals surface area contributed by atoms with E-state index in [1.54, 1.807) is 4.90 Å². The molecule has 1 heterocycles. The summed E-state index contributed by atoms with van der Waals surface area (Å²) < 4.78 is 4.74. The average Bonchev–Trinajstić information content (AvgIpc) is 2.41. The Hall–Kier alpha value is -1.84. The zero-order chi connectivity index (χ0) is 13.0. The third-order valence-electron chi connectivity index (χ3n) is 3.16. The summed E-state index contributed by atoms with van der Waals surface area (Å²) in [5.41, 5.74) is 2.13. The van der Waals surface area contributed by atoms with Crippen molar-refractivity contribution in [3.63, 3.8) is 0 Å². The number of benzene rings is 1. The molecule has 1 amide bonds. The van der Waals surface area contributed by atoms with Crippen LogP contribution in [0.2, 0.25) is 0 Å². The van der Waals surface area contributed by atoms with Gasteiger partial charge in [0.15, 0.2) is 0 Å². The topological polar surface area (TPSA) is 41.9 Å². The van der Waals surface area contributed by atoms with Crippen LogP contribution in [-0.2, 0) is 4.74 Å². The Balaban J connectivity index is 2.06. The zero-order valence-electron chi connectivity index (χ0n) is 10.8. The molecule has 0 bridgehead atoms. The van der Waals surface area contributed by atoms with E-state index in [0.717, 1.165) is 17.8 Å². The van der Waals surface area contributed by atoms with Gasteiger partial charge in [0.25, 0.3) is 0 Å². The normalized spacial score (nSPS) is 22.0. The van der Waals surface area contributed by atoms with Gasteiger partial charge in [-0.3, -0.25) is 4.99 Å². The van der Waals surface area contributed by atoms with E-state index < -0.39 is 0 Å². The lowest BCUT2D eigenvalue weighted by Gasteiger charge is -2.31. The largest absolute Gasteiger partial charge is 0.453 e. The maximum Gasteiger partial charge on any atom is 0.409 e. The van der Waals surface area contributed by atoms with Gasteiger partial charge in [-0.1, -0.05) is 25.1 Å². The summed E-state index contributed by atoms with van der Waals surface area (Å²) in [6.07, 6.45) is 0.561. The van der Waals surface area contributed by atoms with Crippen LogP contribution in [-0.4, -0.2) is 36.9 Å². The predicted octanol–water partition coefficient (Wildman–Crippen LogP) is 2.87. The molecule has 1 aromatic carbocycles. The van der Waals surface area contributed by atoms with Crippen LogP contribution in [0.5, 0.6) is 0 Å². The SMILES string of the molecule is COC(=O)N1CCC(=Nc2ccccc2)[C@H](C)C1. The van der Waals surface area contributed by atoms with Crippen LogP contribution in [0.3, 0.4) is 0 Å². The highest BCUT2D eigenvalue weighted by Crippen LogP contribution is 2.19. The van der Waals surface area contributed by atoms with E-state index in [4.69, 9.17) is 4.74 Å². The fourth-order valence-corrected chi connectivity index (χ4v) is 2.15. The summed E-state index contributed by atoms with van der Waals surface area (Å²) in [6.45, 7) is 3.46. The number of nitrogens with zero attached hydrogens (tertiary/aromatic N) is 2. The first-order valence-electron chi connectivity index (χ1n) is 6.16. The van der Waals surface area contributed by atoms with Gasteiger partial charge in [-0.25, -0.2) is 4.79 Å². The third kappa shape index (κ3) is 2.88. The predicted molar refractivity (Wildman–Crippen MR) is 71.3 cm³/mol. The minimum atomic E-state index is -0.249. The van der Waals surface area contributed by atoms with Crippen LogP contribution in [0.4, 0.5) is 10.5 Å². The highest BCUT2D eigenvalue weighted by atomic mass is 16.5. The Morgan fingerprint density at radius 2 is 2.11 bits per heavy atom. The molecule has 1 aliphatic rings. The van der Waals surface area contributed by atoms with Crippen LogP contribution in [0, 0.1) is 5.92 Å². The molecule has 2 rings (SSSR count). The molecule has 0 N–H and O–H groups in total. The monoisotopic (exact) mass is 246 g/mol. The van der Waals surface area contributed by atoms with Gasteiger partial charge in [-0.2, -0.15) is 0 Å². The Labute approximate surface area is 107 Å². The Morgan fingerprint density at radius 3 is 2.72 bits per heavy atom. The number of piperidine rings is 1. The van der Waals surface area contributed by atoms with Gasteiger partial charge in [0.2, 0.25) is 0 Å². The number of hydrogen-bond acceptors (Lipinski definition) is 3. The van der Waals surface area contributed by atoms with Crippen molar-refractivity contribution in [2.24, 2.45) is 10.9 Å². The molecule has 4 heteroatoms. The Morgan fingerprint density at radius 1 is 1.39 bits per heavy atom. The van der Waals surface area contributed by atoms with Gasteiger partial charge in [-0.05, 0) is 12.1 Å². The summed E-state index contributed by atoms with van der Waals surface area (Å²) in [7, 11) is 1.42. The van der Waals surface area contributed by atoms with Crippen molar-refractivity contribution in [3.05, 3.63) is 30.3 Å². The van der Waals surface area contributed by atoms with E-state index in [9.17, 15) is 4.79 Å². The maximum absolute atomic E-state index is 11.4. The summed E-state index contributed by atoms with van der Waals surface area (Å²) in [5.74, 6) is 0.276. The van der Waals surface area contributed by atoms with Crippen LogP contribution in [0.15, 0.2) is 35.3 Å². The minimum absolute atomic E-state index is 0.249. The second-order valence-corrected chi connectivity index (χ2v) is 4.51. The van der Waals surface area contributed by atoms with Crippen molar-refractivity contribution >= 4 is 17.5 Å². The molecule has 1 aliphatic heterocycles. The smallest absolute Gasteiger partial charge is 0.409 e. The number of hydrogen-bond donors (Lipinski definition) is 0. The number of amides is 1. The van der Waals surface area contributed by atoms with Gasteiger partial charge < -0.3 is 9.64 Å². The highest BCUT2D eigenvalue weighted by molar-refractivity contribution is 5.90. The number of para-hydroxylation sites is 1. The standard InChI is InChI=1S/C14H18N2O2/c1-11-10-16(14(17)18-2)9-8-13(11)15-12-6-4-3-5-7-12/h3-7,11H,8-10H2,1-2H3/t11-/m1/s1. The first-order valence-corrected chi connectivity index (χ1v) is 6.16. The van der Waals surface area contributed by atoms with E-state index in [2.05, 4.69) is 11.9 Å². The molecule has 18 heavy (non-hydrogen) atoms. The molecule has 1 fully saturated rings. The average molecular weight is 246 g/mol. The molecule has 0 unspecified atom stereocenters. The summed E-state index contributed by atoms with van der Waals surface area (Å²) in [4.78, 5) is 17.8. The quantitative estimate of drug-likeness (QED) is 0.764. The first-order chi connectivity index (χ1) is 8.70. The maximum atomic E-state index is 11.4. The van der Waals surface area contributed by atoms with Crippen molar-refractivity contribution in [1.82, 2.24) is 4.90 Å². The van der Waals surface area contributed by atoms with E-state index in [-0.39, 0.29) is 12.0 Å². The molecule has 0 saturated carbocycles. The number of methoxy groups -OCH3 is 1. The van der Waals surface area contributed by atoms with Crippen LogP contribution in [0.1, 0.15) is 13.3 Å². The number of carbonyl (C=O) groups is 1. The van der Waals surface area contributed by atoms with Crippen molar-refractivity contribution in [1.29, 1.82) is 0 Å². The lowest BCUT2D eigenvalue weighted by Crippen LogP contribution is -2.43. The molecule has 1 saturated heterocycles. The lowest BCUT2D eigenvalue weighted by atomic mass is 9.97. The Kier molecular flexibility index (Phi) is 3.97. The van der Waals surface area contributed by atoms with Gasteiger partial charge >= 0.3 is 6.09 Å². The molecular formula is C14H18N2O2. The fourth-order valence-electron chi connectivity index (χ4n) is 2.15. The molecule has 0 aromatic heterocycles. The molecule has 4 nitrogen and oxygen atoms in total. The van der Waals surface area contributed by atoms with Crippen LogP contribution < -0.4 is 0 Å². The Bertz CT molecular complexity index is 442. The minimum Gasteiger partial charge on any atom is -0.453 e. The number of ether oxygens (including phenoxy) is 1. The van der Waals surface area contributed by atoms with Crippen LogP contribution >= 0.6 is 0 Å². The van der Waals surface area contributed by atoms with E-state index in [1.807, 2.05) is 30.3 Å². The second kappa shape index (κ2) is 5.67. The third-order valence-corrected chi connectivity index (χ3v) is 3.16. The number of rotatable bonds is 1. The van der Waals surface area contributed by atoms with Crippen molar-refractivity contribution in [3.8, 4) is 0 Å². The second-order valence-electron chi connectivity index (χ2n) is 4.51. The van der Waals surface area contributed by atoms with Gasteiger partial charge in [-0.15, -0.1) is 0 Å². The molecule has 0 radical (unpaired) electrons. The van der Waals surface area contributed by atoms with Crippen LogP contribution in [0.25, 0.3) is 0 Å². The summed E-state index contributed by atoms with van der Waals surface area (Å²) in [5, 5.41) is 0. The van der Waals surface area contributed by atoms with E-state index >= 15 is 0 Å². The van der Waals surface area contributed by atoms with Crippen molar-refractivity contribution in [2.45, 2.75) is 13.3 Å². The highest BCUT2D eigenvalue weighted by Gasteiger charge is 2.25. The first kappa shape index (κ1) is 12.6. The number of likely N-dealkylation sites (tertiary alicyclic amines) is 1. The molecule has 1 aromatic rings. The van der Waals surface area contributed by atoms with E-state index in [0.29, 0.717) is 13.1 Å². The lowest BCUT2D eigenvalue weighted by molar-refractivity contribution is 0.118. The molecular weight excluding hydrogens is 228 g/mol. The molecule has 96 valence electrons. The van der Waals surface area contributed by atoms with Crippen molar-refractivity contribution in [2.75, 3.05) is 20.2 Å². The summed E-state index contributed by atoms with van der Waals surface area (Å²) >= 11 is 0. The molecule has 0 aliphatic carbocycles. The van der Waals surface area contributed by atoms with Gasteiger partial charge in [0, 0.05) is 31.1 Å². The molecule has 1 atom stereocenters. The fraction of sp³-hybridized carbons (Fsp3) is 0.429. The number of carbonyl (C=O) groups excluding carboxylic acids is 1. The van der Waals surface area contributed by atoms with Gasteiger partial charge in [0.05, 0.1) is 12.8 Å². The van der Waals surface area contributed by atoms with Gasteiger partial charge in [0.1, 0.15) is 0 Å². The van der Waals surface area contributed by atoms with E-state index in [1.165, 1.54) is 7.11 Å². The number of aliphatic imine (C=N–C) groups is 1.